The van der Waals surface area contributed by atoms with Crippen LogP contribution in [0.2, 0.25) is 0 Å². The van der Waals surface area contributed by atoms with E-state index in [2.05, 4.69) is 10.6 Å². The Hall–Kier alpha value is -2.55. The van der Waals surface area contributed by atoms with Gasteiger partial charge in [0.1, 0.15) is 116 Å². The first-order chi connectivity index (χ1) is 31.4. The number of amides is 2. The average Bonchev–Trinajstić information content (AvgIpc) is 3.28. The molecule has 30 nitrogen and oxygen atoms in total. The van der Waals surface area contributed by atoms with Crippen LogP contribution in [0.15, 0.2) is 0 Å². The van der Waals surface area contributed by atoms with Gasteiger partial charge in [-0.15, -0.1) is 0 Å². The van der Waals surface area contributed by atoms with Gasteiger partial charge in [-0.05, 0) is 6.92 Å². The molecule has 0 bridgehead atoms. The fourth-order valence-corrected chi connectivity index (χ4v) is 8.33. The molecule has 5 rings (SSSR count). The normalized spacial score (nSPS) is 47.1. The number of carboxylic acids is 1. The minimum absolute atomic E-state index is 0.852. The summed E-state index contributed by atoms with van der Waals surface area (Å²) >= 11 is 0. The third kappa shape index (κ3) is 12.0. The van der Waals surface area contributed by atoms with Crippen LogP contribution in [0.4, 0.5) is 0 Å². The second kappa shape index (κ2) is 23.1. The van der Waals surface area contributed by atoms with Crippen LogP contribution in [0, 0.1) is 0 Å². The molecule has 388 valence electrons. The Labute approximate surface area is 379 Å². The number of ether oxygens (including phenoxy) is 9. The molecule has 2 amide bonds. The SMILES string of the molecule is CC(=O)N[C@@H]1[C@@H](O[C@@H]2O[C@H](CO)[C@@H](O[C@@H]3O[C@H](CO)[C@H](O)[C@H](O)[C@H]3O)[C@H](O[C@@H]3O[C@@H](C)[C@@H](O)[C@@H](O)[C@@H]3O)[C@H]2NC(C)=O)[C@@H](O)[C@@H](CO[C@]2(C(=O)O)C[C@H](O)[C@@H](O)[C@H]([C@H](O)[C@H](O)CO)O2)O[C@@H]1O. The number of aliphatic hydroxyl groups excluding tert-OH is 15. The molecule has 5 heterocycles. The number of nitrogens with one attached hydrogen (secondary N) is 2. The van der Waals surface area contributed by atoms with Gasteiger partial charge >= 0.3 is 5.97 Å². The maximum absolute atomic E-state index is 12.9. The zero-order chi connectivity index (χ0) is 50.0. The van der Waals surface area contributed by atoms with Gasteiger partial charge in [-0.2, -0.15) is 0 Å². The Morgan fingerprint density at radius 2 is 1.16 bits per heavy atom. The molecule has 0 aromatic rings. The molecule has 0 aliphatic carbocycles. The lowest BCUT2D eigenvalue weighted by Gasteiger charge is -2.51. The highest BCUT2D eigenvalue weighted by Gasteiger charge is 2.59. The molecule has 0 aromatic heterocycles. The molecule has 30 heteroatoms. The molecule has 5 aliphatic heterocycles. The summed E-state index contributed by atoms with van der Waals surface area (Å²) in [6.07, 6.45) is -45.3. The van der Waals surface area contributed by atoms with Crippen LogP contribution in [0.3, 0.4) is 0 Å². The molecule has 0 aromatic carbocycles. The summed E-state index contributed by atoms with van der Waals surface area (Å²) in [5.41, 5.74) is 0. The van der Waals surface area contributed by atoms with Crippen molar-refractivity contribution < 1.29 is 139 Å². The van der Waals surface area contributed by atoms with Crippen LogP contribution >= 0.6 is 0 Å². The van der Waals surface area contributed by atoms with E-state index in [1.54, 1.807) is 0 Å². The van der Waals surface area contributed by atoms with Crippen molar-refractivity contribution in [2.75, 3.05) is 26.4 Å². The Kier molecular flexibility index (Phi) is 19.1. The van der Waals surface area contributed by atoms with E-state index in [0.29, 0.717) is 0 Å². The van der Waals surface area contributed by atoms with E-state index < -0.39 is 210 Å². The first-order valence-electron chi connectivity index (χ1n) is 21.1. The van der Waals surface area contributed by atoms with Crippen LogP contribution in [0.5, 0.6) is 0 Å². The van der Waals surface area contributed by atoms with Crippen molar-refractivity contribution >= 4 is 17.8 Å². The van der Waals surface area contributed by atoms with Crippen molar-refractivity contribution in [3.05, 3.63) is 0 Å². The third-order valence-corrected chi connectivity index (χ3v) is 12.0. The lowest BCUT2D eigenvalue weighted by Crippen LogP contribution is -2.72. The Balaban J connectivity index is 1.51. The van der Waals surface area contributed by atoms with Crippen molar-refractivity contribution in [1.29, 1.82) is 0 Å². The van der Waals surface area contributed by atoms with E-state index in [0.717, 1.165) is 13.8 Å². The lowest BCUT2D eigenvalue weighted by molar-refractivity contribution is -0.382. The zero-order valence-corrected chi connectivity index (χ0v) is 36.0. The number of carbonyl (C=O) groups excluding carboxylic acids is 2. The van der Waals surface area contributed by atoms with Gasteiger partial charge in [0.2, 0.25) is 11.8 Å². The monoisotopic (exact) mass is 982 g/mol. The lowest BCUT2D eigenvalue weighted by atomic mass is 9.90. The number of rotatable bonds is 17. The van der Waals surface area contributed by atoms with Crippen molar-refractivity contribution in [3.63, 3.8) is 0 Å². The molecule has 0 spiro atoms. The second-order valence-corrected chi connectivity index (χ2v) is 16.9. The van der Waals surface area contributed by atoms with Crippen molar-refractivity contribution in [3.8, 4) is 0 Å². The number of carboxylic acid groups (broad SMARTS) is 1. The summed E-state index contributed by atoms with van der Waals surface area (Å²) in [6, 6.07) is -3.60. The quantitative estimate of drug-likeness (QED) is 0.0643. The van der Waals surface area contributed by atoms with Crippen LogP contribution in [-0.2, 0) is 57.0 Å². The smallest absolute Gasteiger partial charge is 0.364 e. The van der Waals surface area contributed by atoms with Crippen molar-refractivity contribution in [2.24, 2.45) is 0 Å². The Morgan fingerprint density at radius 3 is 1.73 bits per heavy atom. The molecule has 5 fully saturated rings. The van der Waals surface area contributed by atoms with Gasteiger partial charge in [0.15, 0.2) is 25.2 Å². The van der Waals surface area contributed by atoms with E-state index in [1.165, 1.54) is 6.92 Å². The summed E-state index contributed by atoms with van der Waals surface area (Å²) in [5.74, 6) is -6.69. The maximum atomic E-state index is 12.9. The number of hydrogen-bond acceptors (Lipinski definition) is 27. The largest absolute Gasteiger partial charge is 0.477 e. The van der Waals surface area contributed by atoms with Crippen molar-refractivity contribution in [2.45, 2.75) is 186 Å². The predicted molar refractivity (Wildman–Crippen MR) is 206 cm³/mol. The molecule has 18 N–H and O–H groups in total. The molecule has 67 heavy (non-hydrogen) atoms. The van der Waals surface area contributed by atoms with E-state index in [1.807, 2.05) is 0 Å². The molecular formula is C37H62N2O28. The van der Waals surface area contributed by atoms with E-state index in [9.17, 15) is 96.1 Å². The molecular weight excluding hydrogens is 920 g/mol. The highest BCUT2D eigenvalue weighted by molar-refractivity contribution is 5.76. The standard InChI is InChI=1S/C37H62N2O28/c1-9-19(47)24(52)26(54)34(60-9)66-30-18(39-11(3)44)33(63-15(7-42)28(30)64-35-27(55)25(53)22(50)14(6-41)62-35)65-29-17(38-10(2)43)32(56)61-16(23(29)51)8-59-37(36(57)58)4-12(45)20(48)31(67-37)21(49)13(46)5-40/h9,12-35,40-42,45-56H,4-8H2,1-3H3,(H,38,43)(H,39,44)(H,57,58)/t9-,12-,13+,14+,15+,16+,17+,18+,19+,20+,21+,22-,23-,24+,25-,26-,27+,28+,29+,30+,31+,32-,33-,34-,35-,37+/m0/s1. The number of aliphatic hydroxyl groups is 15. The summed E-state index contributed by atoms with van der Waals surface area (Å²) in [5, 5.41) is 173. The number of carbonyl (C=O) groups is 3. The van der Waals surface area contributed by atoms with Gasteiger partial charge in [0, 0.05) is 20.3 Å². The molecule has 0 unspecified atom stereocenters. The molecule has 0 saturated carbocycles. The second-order valence-electron chi connectivity index (χ2n) is 16.9. The Bertz CT molecular complexity index is 1640. The van der Waals surface area contributed by atoms with Gasteiger partial charge in [0.25, 0.3) is 5.79 Å². The van der Waals surface area contributed by atoms with E-state index in [-0.39, 0.29) is 0 Å². The summed E-state index contributed by atoms with van der Waals surface area (Å²) in [6.45, 7) is -0.896. The fourth-order valence-electron chi connectivity index (χ4n) is 8.33. The van der Waals surface area contributed by atoms with E-state index >= 15 is 0 Å². The predicted octanol–water partition coefficient (Wildman–Crippen LogP) is -11.4. The van der Waals surface area contributed by atoms with Crippen LogP contribution < -0.4 is 10.6 Å². The van der Waals surface area contributed by atoms with Crippen LogP contribution in [0.1, 0.15) is 27.2 Å². The fraction of sp³-hybridized carbons (Fsp3) is 0.919. The zero-order valence-electron chi connectivity index (χ0n) is 36.0. The average molecular weight is 983 g/mol. The van der Waals surface area contributed by atoms with E-state index in [4.69, 9.17) is 42.6 Å². The van der Waals surface area contributed by atoms with Gasteiger partial charge in [-0.25, -0.2) is 4.79 Å². The minimum Gasteiger partial charge on any atom is -0.477 e. The molecule has 5 aliphatic rings. The van der Waals surface area contributed by atoms with Gasteiger partial charge < -0.3 is 135 Å². The van der Waals surface area contributed by atoms with Crippen LogP contribution in [-0.4, -0.2) is 285 Å². The van der Waals surface area contributed by atoms with Gasteiger partial charge in [-0.3, -0.25) is 9.59 Å². The maximum Gasteiger partial charge on any atom is 0.364 e. The number of aliphatic carboxylic acids is 1. The van der Waals surface area contributed by atoms with Crippen LogP contribution in [0.25, 0.3) is 0 Å². The highest BCUT2D eigenvalue weighted by atomic mass is 16.8. The molecule has 26 atom stereocenters. The topological polar surface area (TPSA) is 482 Å². The number of hydrogen-bond donors (Lipinski definition) is 18. The molecule has 0 radical (unpaired) electrons. The van der Waals surface area contributed by atoms with Gasteiger partial charge in [-0.1, -0.05) is 0 Å². The summed E-state index contributed by atoms with van der Waals surface area (Å²) < 4.78 is 51.8. The first-order valence-corrected chi connectivity index (χ1v) is 21.1. The third-order valence-electron chi connectivity index (χ3n) is 12.0. The van der Waals surface area contributed by atoms with Crippen molar-refractivity contribution in [1.82, 2.24) is 10.6 Å². The minimum atomic E-state index is -2.98. The summed E-state index contributed by atoms with van der Waals surface area (Å²) in [4.78, 5) is 38.0. The summed E-state index contributed by atoms with van der Waals surface area (Å²) in [7, 11) is 0. The highest BCUT2D eigenvalue weighted by Crippen LogP contribution is 2.38. The molecule has 5 saturated heterocycles. The van der Waals surface area contributed by atoms with Gasteiger partial charge in [0.05, 0.1) is 38.6 Å². The first kappa shape index (κ1) is 55.4. The Morgan fingerprint density at radius 1 is 0.627 bits per heavy atom.